The third-order valence-electron chi connectivity index (χ3n) is 2.17. The fourth-order valence-corrected chi connectivity index (χ4v) is 2.56. The maximum absolute atomic E-state index is 11.7. The standard InChI is InChI=1S/C12H10Cl2N2O2S/c13-8-3-7-19-10(8)11(17)15-5-6-18-12-9(14)2-1-4-16-12/h1-4,7H,5-6H2,(H,15,17). The van der Waals surface area contributed by atoms with Crippen molar-refractivity contribution >= 4 is 40.4 Å². The summed E-state index contributed by atoms with van der Waals surface area (Å²) in [7, 11) is 0. The molecule has 0 atom stereocenters. The molecule has 0 aromatic carbocycles. The van der Waals surface area contributed by atoms with E-state index in [-0.39, 0.29) is 12.5 Å². The Bertz CT molecular complexity index is 574. The molecule has 4 nitrogen and oxygen atoms in total. The first kappa shape index (κ1) is 14.1. The molecule has 0 spiro atoms. The number of carbonyl (C=O) groups is 1. The summed E-state index contributed by atoms with van der Waals surface area (Å²) >= 11 is 13.0. The number of ether oxygens (including phenoxy) is 1. The number of thiophene rings is 1. The topological polar surface area (TPSA) is 51.2 Å². The predicted molar refractivity (Wildman–Crippen MR) is 76.4 cm³/mol. The van der Waals surface area contributed by atoms with Crippen LogP contribution in [0.5, 0.6) is 5.88 Å². The molecule has 0 bridgehead atoms. The minimum Gasteiger partial charge on any atom is -0.475 e. The number of aromatic nitrogens is 1. The molecule has 0 aliphatic heterocycles. The van der Waals surface area contributed by atoms with Crippen molar-refractivity contribution in [3.05, 3.63) is 44.7 Å². The fourth-order valence-electron chi connectivity index (χ4n) is 1.33. The maximum Gasteiger partial charge on any atom is 0.263 e. The van der Waals surface area contributed by atoms with Gasteiger partial charge in [-0.15, -0.1) is 11.3 Å². The first-order chi connectivity index (χ1) is 9.18. The molecule has 0 saturated heterocycles. The minimum atomic E-state index is -0.212. The van der Waals surface area contributed by atoms with E-state index in [0.717, 1.165) is 0 Å². The first-order valence-electron chi connectivity index (χ1n) is 5.43. The number of amides is 1. The number of hydrogen-bond acceptors (Lipinski definition) is 4. The van der Waals surface area contributed by atoms with Gasteiger partial charge in [0.05, 0.1) is 11.6 Å². The molecule has 0 saturated carbocycles. The predicted octanol–water partition coefficient (Wildman–Crippen LogP) is 3.26. The second-order valence-corrected chi connectivity index (χ2v) is 5.22. The summed E-state index contributed by atoms with van der Waals surface area (Å²) in [6.07, 6.45) is 1.59. The molecule has 0 unspecified atom stereocenters. The van der Waals surface area contributed by atoms with Gasteiger partial charge in [0.1, 0.15) is 16.5 Å². The Morgan fingerprint density at radius 2 is 2.21 bits per heavy atom. The SMILES string of the molecule is O=C(NCCOc1ncccc1Cl)c1sccc1Cl. The van der Waals surface area contributed by atoms with E-state index >= 15 is 0 Å². The van der Waals surface area contributed by atoms with Crippen molar-refractivity contribution in [3.8, 4) is 5.88 Å². The Morgan fingerprint density at radius 1 is 1.37 bits per heavy atom. The van der Waals surface area contributed by atoms with Crippen molar-refractivity contribution in [3.63, 3.8) is 0 Å². The lowest BCUT2D eigenvalue weighted by Crippen LogP contribution is -2.27. The maximum atomic E-state index is 11.7. The highest BCUT2D eigenvalue weighted by Crippen LogP contribution is 2.21. The summed E-state index contributed by atoms with van der Waals surface area (Å²) in [4.78, 5) is 16.2. The number of halogens is 2. The van der Waals surface area contributed by atoms with Crippen LogP contribution in [0, 0.1) is 0 Å². The quantitative estimate of drug-likeness (QED) is 0.861. The van der Waals surface area contributed by atoms with Crippen molar-refractivity contribution in [1.29, 1.82) is 0 Å². The van der Waals surface area contributed by atoms with Crippen LogP contribution in [0.2, 0.25) is 10.0 Å². The molecular weight excluding hydrogens is 307 g/mol. The molecule has 0 radical (unpaired) electrons. The van der Waals surface area contributed by atoms with Crippen LogP contribution in [0.1, 0.15) is 9.67 Å². The molecule has 7 heteroatoms. The molecule has 0 aliphatic rings. The Balaban J connectivity index is 1.77. The van der Waals surface area contributed by atoms with Crippen molar-refractivity contribution in [2.45, 2.75) is 0 Å². The second-order valence-electron chi connectivity index (χ2n) is 3.49. The number of hydrogen-bond donors (Lipinski definition) is 1. The van der Waals surface area contributed by atoms with Gasteiger partial charge in [-0.2, -0.15) is 0 Å². The minimum absolute atomic E-state index is 0.212. The molecule has 0 fully saturated rings. The Labute approximate surface area is 124 Å². The number of pyridine rings is 1. The van der Waals surface area contributed by atoms with E-state index in [1.165, 1.54) is 11.3 Å². The molecular formula is C12H10Cl2N2O2S. The molecule has 2 aromatic heterocycles. The summed E-state index contributed by atoms with van der Waals surface area (Å²) in [6.45, 7) is 0.630. The molecule has 0 aliphatic carbocycles. The zero-order chi connectivity index (χ0) is 13.7. The summed E-state index contributed by atoms with van der Waals surface area (Å²) in [5.41, 5.74) is 0. The van der Waals surface area contributed by atoms with Crippen LogP contribution < -0.4 is 10.1 Å². The van der Waals surface area contributed by atoms with Gasteiger partial charge in [0.15, 0.2) is 0 Å². The van der Waals surface area contributed by atoms with Gasteiger partial charge >= 0.3 is 0 Å². The van der Waals surface area contributed by atoms with E-state index in [4.69, 9.17) is 27.9 Å². The Morgan fingerprint density at radius 3 is 2.89 bits per heavy atom. The fraction of sp³-hybridized carbons (Fsp3) is 0.167. The van der Waals surface area contributed by atoms with Gasteiger partial charge in [0.25, 0.3) is 5.91 Å². The summed E-state index contributed by atoms with van der Waals surface area (Å²) in [5.74, 6) is 0.142. The Hall–Kier alpha value is -1.30. The van der Waals surface area contributed by atoms with Gasteiger partial charge in [-0.1, -0.05) is 23.2 Å². The van der Waals surface area contributed by atoms with Crippen LogP contribution in [-0.2, 0) is 0 Å². The molecule has 2 rings (SSSR count). The highest BCUT2D eigenvalue weighted by atomic mass is 35.5. The van der Waals surface area contributed by atoms with E-state index in [2.05, 4.69) is 10.3 Å². The smallest absolute Gasteiger partial charge is 0.263 e. The molecule has 19 heavy (non-hydrogen) atoms. The molecule has 100 valence electrons. The number of nitrogens with one attached hydrogen (secondary N) is 1. The number of rotatable bonds is 5. The van der Waals surface area contributed by atoms with Gasteiger partial charge in [-0.3, -0.25) is 4.79 Å². The third kappa shape index (κ3) is 3.83. The van der Waals surface area contributed by atoms with E-state index in [1.807, 2.05) is 0 Å². The summed E-state index contributed by atoms with van der Waals surface area (Å²) in [5, 5.41) is 5.37. The second kappa shape index (κ2) is 6.75. The van der Waals surface area contributed by atoms with Crippen molar-refractivity contribution in [2.75, 3.05) is 13.2 Å². The highest BCUT2D eigenvalue weighted by Gasteiger charge is 2.11. The van der Waals surface area contributed by atoms with Gasteiger partial charge in [-0.05, 0) is 23.6 Å². The van der Waals surface area contributed by atoms with E-state index in [0.29, 0.717) is 27.3 Å². The van der Waals surface area contributed by atoms with Crippen molar-refractivity contribution in [2.24, 2.45) is 0 Å². The number of carbonyl (C=O) groups excluding carboxylic acids is 1. The van der Waals surface area contributed by atoms with Crippen LogP contribution >= 0.6 is 34.5 Å². The van der Waals surface area contributed by atoms with Crippen LogP contribution in [0.3, 0.4) is 0 Å². The largest absolute Gasteiger partial charge is 0.475 e. The average Bonchev–Trinajstić information content (AvgIpc) is 2.82. The molecule has 2 aromatic rings. The van der Waals surface area contributed by atoms with Gasteiger partial charge in [-0.25, -0.2) is 4.98 Å². The summed E-state index contributed by atoms with van der Waals surface area (Å²) < 4.78 is 5.35. The van der Waals surface area contributed by atoms with E-state index in [1.54, 1.807) is 29.8 Å². The van der Waals surface area contributed by atoms with Gasteiger partial charge < -0.3 is 10.1 Å². The monoisotopic (exact) mass is 316 g/mol. The van der Waals surface area contributed by atoms with E-state index < -0.39 is 0 Å². The summed E-state index contributed by atoms with van der Waals surface area (Å²) in [6, 6.07) is 5.09. The molecule has 1 amide bonds. The zero-order valence-electron chi connectivity index (χ0n) is 9.73. The lowest BCUT2D eigenvalue weighted by Gasteiger charge is -2.07. The van der Waals surface area contributed by atoms with Crippen molar-refractivity contribution in [1.82, 2.24) is 10.3 Å². The van der Waals surface area contributed by atoms with Crippen LogP contribution in [0.25, 0.3) is 0 Å². The van der Waals surface area contributed by atoms with Crippen molar-refractivity contribution < 1.29 is 9.53 Å². The lowest BCUT2D eigenvalue weighted by molar-refractivity contribution is 0.0951. The third-order valence-corrected chi connectivity index (χ3v) is 3.80. The first-order valence-corrected chi connectivity index (χ1v) is 7.06. The lowest BCUT2D eigenvalue weighted by atomic mass is 10.4. The van der Waals surface area contributed by atoms with E-state index in [9.17, 15) is 4.79 Å². The average molecular weight is 317 g/mol. The van der Waals surface area contributed by atoms with Gasteiger partial charge in [0, 0.05) is 6.20 Å². The normalized spacial score (nSPS) is 10.2. The highest BCUT2D eigenvalue weighted by molar-refractivity contribution is 7.12. The number of nitrogens with zero attached hydrogens (tertiary/aromatic N) is 1. The molecule has 1 N–H and O–H groups in total. The van der Waals surface area contributed by atoms with Gasteiger partial charge in [0.2, 0.25) is 5.88 Å². The zero-order valence-corrected chi connectivity index (χ0v) is 12.1. The van der Waals surface area contributed by atoms with Crippen LogP contribution in [-0.4, -0.2) is 24.0 Å². The molecule has 2 heterocycles. The van der Waals surface area contributed by atoms with Crippen LogP contribution in [0.15, 0.2) is 29.8 Å². The van der Waals surface area contributed by atoms with Crippen LogP contribution in [0.4, 0.5) is 0 Å². The Kier molecular flexibility index (Phi) is 5.01.